The Hall–Kier alpha value is -1.88. The smallest absolute Gasteiger partial charge is 0.226 e. The summed E-state index contributed by atoms with van der Waals surface area (Å²) in [6.07, 6.45) is 3.30. The summed E-state index contributed by atoms with van der Waals surface area (Å²) in [5.41, 5.74) is 2.54. The highest BCUT2D eigenvalue weighted by atomic mass is 16.5. The van der Waals surface area contributed by atoms with Gasteiger partial charge in [-0.15, -0.1) is 0 Å². The summed E-state index contributed by atoms with van der Waals surface area (Å²) >= 11 is 0. The average Bonchev–Trinajstić information content (AvgIpc) is 2.88. The Labute approximate surface area is 131 Å². The number of aromatic nitrogens is 1. The van der Waals surface area contributed by atoms with E-state index in [2.05, 4.69) is 17.4 Å². The van der Waals surface area contributed by atoms with E-state index in [4.69, 9.17) is 9.26 Å². The molecule has 0 bridgehead atoms. The number of carbonyl (C=O) groups excluding carboxylic acids is 1. The first kappa shape index (κ1) is 16.5. The molecule has 0 saturated heterocycles. The van der Waals surface area contributed by atoms with Gasteiger partial charge in [0.25, 0.3) is 0 Å². The van der Waals surface area contributed by atoms with Gasteiger partial charge >= 0.3 is 0 Å². The molecule has 5 nitrogen and oxygen atoms in total. The second kappa shape index (κ2) is 8.54. The summed E-state index contributed by atoms with van der Waals surface area (Å²) in [5, 5.41) is 7.80. The molecule has 2 rings (SSSR count). The molecule has 0 aliphatic rings. The lowest BCUT2D eigenvalue weighted by atomic mass is 10.1. The van der Waals surface area contributed by atoms with E-state index >= 15 is 0 Å². The number of fused-ring (bicyclic) bond motifs is 1. The van der Waals surface area contributed by atoms with Gasteiger partial charge in [0.15, 0.2) is 5.58 Å². The number of hydrogen-bond acceptors (Lipinski definition) is 4. The van der Waals surface area contributed by atoms with E-state index in [0.29, 0.717) is 18.8 Å². The molecule has 1 heterocycles. The normalized spacial score (nSPS) is 11.0. The molecule has 2 aromatic rings. The van der Waals surface area contributed by atoms with Crippen LogP contribution in [0.15, 0.2) is 22.7 Å². The van der Waals surface area contributed by atoms with Gasteiger partial charge < -0.3 is 14.6 Å². The monoisotopic (exact) mass is 304 g/mol. The summed E-state index contributed by atoms with van der Waals surface area (Å²) < 4.78 is 10.7. The maximum Gasteiger partial charge on any atom is 0.226 e. The quantitative estimate of drug-likeness (QED) is 0.723. The van der Waals surface area contributed by atoms with Crippen LogP contribution in [-0.2, 0) is 16.0 Å². The maximum atomic E-state index is 11.9. The number of unbranched alkanes of at least 4 members (excludes halogenated alkanes) is 1. The van der Waals surface area contributed by atoms with E-state index in [9.17, 15) is 4.79 Å². The minimum Gasteiger partial charge on any atom is -0.381 e. The molecule has 120 valence electrons. The minimum atomic E-state index is -0.0368. The predicted molar refractivity (Wildman–Crippen MR) is 85.8 cm³/mol. The number of nitrogens with one attached hydrogen (secondary N) is 1. The maximum absolute atomic E-state index is 11.9. The summed E-state index contributed by atoms with van der Waals surface area (Å²) in [4.78, 5) is 11.9. The van der Waals surface area contributed by atoms with Gasteiger partial charge in [0.2, 0.25) is 5.91 Å². The van der Waals surface area contributed by atoms with Gasteiger partial charge in [-0.05, 0) is 31.9 Å². The molecule has 5 heteroatoms. The SMILES string of the molecule is CCCCOCCCNC(=O)Cc1noc2ccc(C)cc12. The fourth-order valence-electron chi connectivity index (χ4n) is 2.19. The lowest BCUT2D eigenvalue weighted by molar-refractivity contribution is -0.120. The van der Waals surface area contributed by atoms with E-state index < -0.39 is 0 Å². The Morgan fingerprint density at radius 1 is 1.32 bits per heavy atom. The average molecular weight is 304 g/mol. The van der Waals surface area contributed by atoms with Crippen molar-refractivity contribution in [1.82, 2.24) is 10.5 Å². The fraction of sp³-hybridized carbons (Fsp3) is 0.529. The first-order valence-corrected chi connectivity index (χ1v) is 7.90. The Morgan fingerprint density at radius 2 is 2.14 bits per heavy atom. The summed E-state index contributed by atoms with van der Waals surface area (Å²) in [5.74, 6) is -0.0368. The number of nitrogens with zero attached hydrogens (tertiary/aromatic N) is 1. The van der Waals surface area contributed by atoms with E-state index in [1.807, 2.05) is 25.1 Å². The van der Waals surface area contributed by atoms with Crippen LogP contribution >= 0.6 is 0 Å². The van der Waals surface area contributed by atoms with Gasteiger partial charge in [-0.2, -0.15) is 0 Å². The van der Waals surface area contributed by atoms with Gasteiger partial charge in [0, 0.05) is 25.1 Å². The van der Waals surface area contributed by atoms with Crippen molar-refractivity contribution in [2.75, 3.05) is 19.8 Å². The van der Waals surface area contributed by atoms with E-state index in [0.717, 1.165) is 42.4 Å². The molecule has 0 spiro atoms. The van der Waals surface area contributed by atoms with Crippen molar-refractivity contribution in [2.45, 2.75) is 39.5 Å². The van der Waals surface area contributed by atoms with Crippen LogP contribution < -0.4 is 5.32 Å². The first-order chi connectivity index (χ1) is 10.7. The summed E-state index contributed by atoms with van der Waals surface area (Å²) in [6, 6.07) is 5.85. The van der Waals surface area contributed by atoms with Crippen LogP contribution in [0.1, 0.15) is 37.4 Å². The van der Waals surface area contributed by atoms with Crippen molar-refractivity contribution in [3.05, 3.63) is 29.5 Å². The zero-order valence-electron chi connectivity index (χ0n) is 13.4. The molecule has 1 aromatic heterocycles. The van der Waals surface area contributed by atoms with E-state index in [1.54, 1.807) is 0 Å². The first-order valence-electron chi connectivity index (χ1n) is 7.90. The number of hydrogen-bond donors (Lipinski definition) is 1. The summed E-state index contributed by atoms with van der Waals surface area (Å²) in [6.45, 7) is 6.26. The molecule has 0 fully saturated rings. The van der Waals surface area contributed by atoms with Crippen molar-refractivity contribution in [1.29, 1.82) is 0 Å². The van der Waals surface area contributed by atoms with Crippen LogP contribution in [0.2, 0.25) is 0 Å². The van der Waals surface area contributed by atoms with Gasteiger partial charge in [0.05, 0.1) is 6.42 Å². The van der Waals surface area contributed by atoms with Crippen molar-refractivity contribution in [3.63, 3.8) is 0 Å². The molecule has 1 aromatic carbocycles. The number of aryl methyl sites for hydroxylation is 1. The topological polar surface area (TPSA) is 64.4 Å². The Bertz CT molecular complexity index is 607. The molecule has 0 aliphatic carbocycles. The van der Waals surface area contributed by atoms with E-state index in [-0.39, 0.29) is 12.3 Å². The van der Waals surface area contributed by atoms with Crippen LogP contribution in [0.25, 0.3) is 11.0 Å². The van der Waals surface area contributed by atoms with Crippen LogP contribution in [-0.4, -0.2) is 30.8 Å². The number of benzene rings is 1. The standard InChI is InChI=1S/C17H24N2O3/c1-3-4-9-21-10-5-8-18-17(20)12-15-14-11-13(2)6-7-16(14)22-19-15/h6-7,11H,3-5,8-10,12H2,1-2H3,(H,18,20). The summed E-state index contributed by atoms with van der Waals surface area (Å²) in [7, 11) is 0. The van der Waals surface area contributed by atoms with Crippen LogP contribution in [0, 0.1) is 6.92 Å². The van der Waals surface area contributed by atoms with Crippen molar-refractivity contribution in [2.24, 2.45) is 0 Å². The van der Waals surface area contributed by atoms with Gasteiger partial charge in [0.1, 0.15) is 5.69 Å². The highest BCUT2D eigenvalue weighted by Gasteiger charge is 2.12. The number of rotatable bonds is 9. The molecule has 0 saturated carbocycles. The second-order valence-electron chi connectivity index (χ2n) is 5.48. The van der Waals surface area contributed by atoms with Crippen LogP contribution in [0.5, 0.6) is 0 Å². The van der Waals surface area contributed by atoms with Gasteiger partial charge in [-0.1, -0.05) is 30.1 Å². The lowest BCUT2D eigenvalue weighted by Crippen LogP contribution is -2.27. The zero-order chi connectivity index (χ0) is 15.8. The van der Waals surface area contributed by atoms with Crippen molar-refractivity contribution >= 4 is 16.9 Å². The molecule has 0 radical (unpaired) electrons. The Morgan fingerprint density at radius 3 is 2.95 bits per heavy atom. The third-order valence-corrected chi connectivity index (χ3v) is 3.46. The number of amides is 1. The largest absolute Gasteiger partial charge is 0.381 e. The molecule has 0 atom stereocenters. The molecular formula is C17H24N2O3. The second-order valence-corrected chi connectivity index (χ2v) is 5.48. The number of ether oxygens (including phenoxy) is 1. The molecule has 0 aliphatic heterocycles. The fourth-order valence-corrected chi connectivity index (χ4v) is 2.19. The molecule has 1 amide bonds. The predicted octanol–water partition coefficient (Wildman–Crippen LogP) is 3.00. The Balaban J connectivity index is 1.73. The van der Waals surface area contributed by atoms with Crippen LogP contribution in [0.3, 0.4) is 0 Å². The zero-order valence-corrected chi connectivity index (χ0v) is 13.4. The van der Waals surface area contributed by atoms with Crippen LogP contribution in [0.4, 0.5) is 0 Å². The number of carbonyl (C=O) groups is 1. The van der Waals surface area contributed by atoms with Crippen molar-refractivity contribution < 1.29 is 14.1 Å². The minimum absolute atomic E-state index is 0.0368. The highest BCUT2D eigenvalue weighted by molar-refractivity contribution is 5.86. The highest BCUT2D eigenvalue weighted by Crippen LogP contribution is 2.20. The van der Waals surface area contributed by atoms with Gasteiger partial charge in [-0.25, -0.2) is 0 Å². The molecule has 22 heavy (non-hydrogen) atoms. The lowest BCUT2D eigenvalue weighted by Gasteiger charge is -2.05. The van der Waals surface area contributed by atoms with E-state index in [1.165, 1.54) is 0 Å². The molecule has 1 N–H and O–H groups in total. The third-order valence-electron chi connectivity index (χ3n) is 3.46. The van der Waals surface area contributed by atoms with Crippen molar-refractivity contribution in [3.8, 4) is 0 Å². The molecular weight excluding hydrogens is 280 g/mol. The van der Waals surface area contributed by atoms with Gasteiger partial charge in [-0.3, -0.25) is 4.79 Å². The molecule has 0 unspecified atom stereocenters. The third kappa shape index (κ3) is 4.84. The Kier molecular flexibility index (Phi) is 6.40.